The first-order valence-corrected chi connectivity index (χ1v) is 6.34. The van der Waals surface area contributed by atoms with E-state index in [0.29, 0.717) is 0 Å². The highest BCUT2D eigenvalue weighted by molar-refractivity contribution is 5.77. The molecule has 0 radical (unpaired) electrons. The molecule has 0 atom stereocenters. The zero-order valence-corrected chi connectivity index (χ0v) is 10.7. The lowest BCUT2D eigenvalue weighted by molar-refractivity contribution is 0.601. The quantitative estimate of drug-likeness (QED) is 0.804. The maximum Gasteiger partial charge on any atom is 0.0958 e. The standard InChI is InChI=1S/C14H21N3/c1-11-8-13-14(9-12(11)2)17(10-16-13)7-5-3-4-6-15/h8-10H,3-7,15H2,1-2H3. The van der Waals surface area contributed by atoms with Crippen molar-refractivity contribution in [2.75, 3.05) is 6.54 Å². The number of fused-ring (bicyclic) bond motifs is 1. The molecule has 92 valence electrons. The Kier molecular flexibility index (Phi) is 3.79. The topological polar surface area (TPSA) is 43.8 Å². The summed E-state index contributed by atoms with van der Waals surface area (Å²) in [6.07, 6.45) is 5.44. The fourth-order valence-electron chi connectivity index (χ4n) is 2.09. The van der Waals surface area contributed by atoms with Crippen LogP contribution in [0.5, 0.6) is 0 Å². The lowest BCUT2D eigenvalue weighted by Crippen LogP contribution is -2.01. The molecule has 3 heteroatoms. The Morgan fingerprint density at radius 3 is 2.65 bits per heavy atom. The second-order valence-corrected chi connectivity index (χ2v) is 4.71. The van der Waals surface area contributed by atoms with Crippen LogP contribution in [0.25, 0.3) is 11.0 Å². The second kappa shape index (κ2) is 5.32. The van der Waals surface area contributed by atoms with Crippen LogP contribution in [0.4, 0.5) is 0 Å². The zero-order chi connectivity index (χ0) is 12.3. The van der Waals surface area contributed by atoms with Crippen LogP contribution in [0.1, 0.15) is 30.4 Å². The van der Waals surface area contributed by atoms with Crippen molar-refractivity contribution in [3.63, 3.8) is 0 Å². The number of aromatic nitrogens is 2. The summed E-state index contributed by atoms with van der Waals surface area (Å²) in [5.41, 5.74) is 10.5. The molecule has 2 rings (SSSR count). The summed E-state index contributed by atoms with van der Waals surface area (Å²) < 4.78 is 2.25. The fourth-order valence-corrected chi connectivity index (χ4v) is 2.09. The van der Waals surface area contributed by atoms with Crippen LogP contribution in [0.2, 0.25) is 0 Å². The minimum Gasteiger partial charge on any atom is -0.331 e. The van der Waals surface area contributed by atoms with E-state index in [1.807, 2.05) is 6.33 Å². The Balaban J connectivity index is 2.15. The first kappa shape index (κ1) is 12.1. The van der Waals surface area contributed by atoms with Crippen molar-refractivity contribution in [1.82, 2.24) is 9.55 Å². The molecule has 17 heavy (non-hydrogen) atoms. The lowest BCUT2D eigenvalue weighted by atomic mass is 10.1. The van der Waals surface area contributed by atoms with Crippen molar-refractivity contribution in [3.05, 3.63) is 29.6 Å². The Morgan fingerprint density at radius 1 is 1.12 bits per heavy atom. The van der Waals surface area contributed by atoms with E-state index in [-0.39, 0.29) is 0 Å². The van der Waals surface area contributed by atoms with Gasteiger partial charge in [-0.15, -0.1) is 0 Å². The average molecular weight is 231 g/mol. The van der Waals surface area contributed by atoms with Crippen LogP contribution in [0, 0.1) is 13.8 Å². The van der Waals surface area contributed by atoms with E-state index in [1.165, 1.54) is 29.5 Å². The number of unbranched alkanes of at least 4 members (excludes halogenated alkanes) is 2. The smallest absolute Gasteiger partial charge is 0.0958 e. The highest BCUT2D eigenvalue weighted by Crippen LogP contribution is 2.18. The number of nitrogens with two attached hydrogens (primary N) is 1. The number of hydrogen-bond donors (Lipinski definition) is 1. The van der Waals surface area contributed by atoms with Crippen LogP contribution in [0.15, 0.2) is 18.5 Å². The Morgan fingerprint density at radius 2 is 1.88 bits per heavy atom. The number of aryl methyl sites for hydroxylation is 3. The van der Waals surface area contributed by atoms with Crippen LogP contribution >= 0.6 is 0 Å². The van der Waals surface area contributed by atoms with E-state index < -0.39 is 0 Å². The molecule has 0 fully saturated rings. The number of rotatable bonds is 5. The SMILES string of the molecule is Cc1cc2ncn(CCCCCN)c2cc1C. The summed E-state index contributed by atoms with van der Waals surface area (Å²) in [6.45, 7) is 6.12. The Labute approximate surface area is 103 Å². The molecule has 0 spiro atoms. The summed E-state index contributed by atoms with van der Waals surface area (Å²) in [7, 11) is 0. The molecule has 3 nitrogen and oxygen atoms in total. The Hall–Kier alpha value is -1.35. The summed E-state index contributed by atoms with van der Waals surface area (Å²) >= 11 is 0. The van der Waals surface area contributed by atoms with Gasteiger partial charge in [-0.05, 0) is 56.5 Å². The average Bonchev–Trinajstić information content (AvgIpc) is 2.68. The van der Waals surface area contributed by atoms with E-state index in [1.54, 1.807) is 0 Å². The third kappa shape index (κ3) is 2.67. The number of benzene rings is 1. The van der Waals surface area contributed by atoms with E-state index in [2.05, 4.69) is 35.5 Å². The van der Waals surface area contributed by atoms with E-state index in [4.69, 9.17) is 5.73 Å². The van der Waals surface area contributed by atoms with Crippen LogP contribution in [-0.4, -0.2) is 16.1 Å². The zero-order valence-electron chi connectivity index (χ0n) is 10.7. The molecule has 0 bridgehead atoms. The molecule has 0 aliphatic carbocycles. The highest BCUT2D eigenvalue weighted by atomic mass is 15.0. The van der Waals surface area contributed by atoms with Gasteiger partial charge in [-0.3, -0.25) is 0 Å². The largest absolute Gasteiger partial charge is 0.331 e. The first-order chi connectivity index (χ1) is 8.22. The predicted molar refractivity (Wildman–Crippen MR) is 72.1 cm³/mol. The molecular weight excluding hydrogens is 210 g/mol. The van der Waals surface area contributed by atoms with Gasteiger partial charge in [0, 0.05) is 6.54 Å². The van der Waals surface area contributed by atoms with Gasteiger partial charge >= 0.3 is 0 Å². The van der Waals surface area contributed by atoms with Gasteiger partial charge in [-0.25, -0.2) is 4.98 Å². The first-order valence-electron chi connectivity index (χ1n) is 6.34. The maximum absolute atomic E-state index is 5.50. The van der Waals surface area contributed by atoms with Crippen LogP contribution in [0.3, 0.4) is 0 Å². The minimum atomic E-state index is 0.795. The molecule has 0 saturated carbocycles. The third-order valence-corrected chi connectivity index (χ3v) is 3.34. The van der Waals surface area contributed by atoms with Gasteiger partial charge in [0.15, 0.2) is 0 Å². The van der Waals surface area contributed by atoms with Gasteiger partial charge in [0.1, 0.15) is 0 Å². The molecule has 0 amide bonds. The predicted octanol–water partition coefficient (Wildman–Crippen LogP) is 2.78. The summed E-state index contributed by atoms with van der Waals surface area (Å²) in [6, 6.07) is 4.40. The highest BCUT2D eigenvalue weighted by Gasteiger charge is 2.04. The van der Waals surface area contributed by atoms with Gasteiger partial charge < -0.3 is 10.3 Å². The number of imidazole rings is 1. The molecule has 1 aromatic heterocycles. The summed E-state index contributed by atoms with van der Waals surface area (Å²) in [5.74, 6) is 0. The second-order valence-electron chi connectivity index (χ2n) is 4.71. The normalized spacial score (nSPS) is 11.2. The van der Waals surface area contributed by atoms with E-state index in [9.17, 15) is 0 Å². The molecule has 0 aliphatic heterocycles. The Bertz CT molecular complexity index is 499. The maximum atomic E-state index is 5.50. The van der Waals surface area contributed by atoms with Crippen molar-refractivity contribution in [2.45, 2.75) is 39.7 Å². The molecule has 1 aromatic carbocycles. The molecule has 2 N–H and O–H groups in total. The minimum absolute atomic E-state index is 0.795. The molecule has 2 aromatic rings. The number of hydrogen-bond acceptors (Lipinski definition) is 2. The van der Waals surface area contributed by atoms with Gasteiger partial charge in [0.2, 0.25) is 0 Å². The lowest BCUT2D eigenvalue weighted by Gasteiger charge is -2.05. The fraction of sp³-hybridized carbons (Fsp3) is 0.500. The molecule has 1 heterocycles. The monoisotopic (exact) mass is 231 g/mol. The third-order valence-electron chi connectivity index (χ3n) is 3.34. The van der Waals surface area contributed by atoms with Crippen molar-refractivity contribution in [2.24, 2.45) is 5.73 Å². The molecular formula is C14H21N3. The van der Waals surface area contributed by atoms with Gasteiger partial charge in [0.05, 0.1) is 17.4 Å². The van der Waals surface area contributed by atoms with Crippen molar-refractivity contribution < 1.29 is 0 Å². The molecule has 0 saturated heterocycles. The van der Waals surface area contributed by atoms with Gasteiger partial charge in [0.25, 0.3) is 0 Å². The van der Waals surface area contributed by atoms with E-state index in [0.717, 1.165) is 25.0 Å². The van der Waals surface area contributed by atoms with Crippen molar-refractivity contribution in [3.8, 4) is 0 Å². The van der Waals surface area contributed by atoms with Gasteiger partial charge in [-0.2, -0.15) is 0 Å². The molecule has 0 unspecified atom stereocenters. The molecule has 0 aliphatic rings. The number of nitrogens with zero attached hydrogens (tertiary/aromatic N) is 2. The van der Waals surface area contributed by atoms with Crippen LogP contribution in [-0.2, 0) is 6.54 Å². The summed E-state index contributed by atoms with van der Waals surface area (Å²) in [4.78, 5) is 4.46. The van der Waals surface area contributed by atoms with E-state index >= 15 is 0 Å². The van der Waals surface area contributed by atoms with Gasteiger partial charge in [-0.1, -0.05) is 6.42 Å². The summed E-state index contributed by atoms with van der Waals surface area (Å²) in [5, 5.41) is 0. The van der Waals surface area contributed by atoms with Crippen LogP contribution < -0.4 is 5.73 Å². The van der Waals surface area contributed by atoms with Crippen molar-refractivity contribution >= 4 is 11.0 Å². The van der Waals surface area contributed by atoms with Crippen molar-refractivity contribution in [1.29, 1.82) is 0 Å².